The summed E-state index contributed by atoms with van der Waals surface area (Å²) in [5.74, 6) is 0.207. The average Bonchev–Trinajstić information content (AvgIpc) is 2.37. The van der Waals surface area contributed by atoms with E-state index >= 15 is 0 Å². The molecule has 1 aliphatic heterocycles. The Morgan fingerprint density at radius 2 is 1.90 bits per heavy atom. The molecule has 5 nitrogen and oxygen atoms in total. The van der Waals surface area contributed by atoms with E-state index in [1.807, 2.05) is 18.7 Å². The maximum atomic E-state index is 12.5. The van der Waals surface area contributed by atoms with E-state index in [2.05, 4.69) is 25.7 Å². The maximum Gasteiger partial charge on any atom is 0.236 e. The average molecular weight is 299 g/mol. The summed E-state index contributed by atoms with van der Waals surface area (Å²) in [5, 5.41) is 0. The van der Waals surface area contributed by atoms with Gasteiger partial charge in [-0.15, -0.1) is 0 Å². The van der Waals surface area contributed by atoms with Gasteiger partial charge in [-0.05, 0) is 38.8 Å². The van der Waals surface area contributed by atoms with Crippen LogP contribution in [-0.2, 0) is 9.53 Å². The molecule has 0 saturated carbocycles. The summed E-state index contributed by atoms with van der Waals surface area (Å²) in [6.45, 7) is 14.8. The molecule has 0 aromatic carbocycles. The molecule has 2 atom stereocenters. The van der Waals surface area contributed by atoms with Crippen molar-refractivity contribution in [1.29, 1.82) is 0 Å². The molecule has 0 radical (unpaired) electrons. The quantitative estimate of drug-likeness (QED) is 0.770. The van der Waals surface area contributed by atoms with Crippen molar-refractivity contribution in [3.05, 3.63) is 0 Å². The summed E-state index contributed by atoms with van der Waals surface area (Å²) in [6.07, 6.45) is 1.29. The Labute approximate surface area is 129 Å². The third-order valence-electron chi connectivity index (χ3n) is 3.88. The van der Waals surface area contributed by atoms with Crippen LogP contribution in [0.5, 0.6) is 0 Å². The predicted molar refractivity (Wildman–Crippen MR) is 86.2 cm³/mol. The van der Waals surface area contributed by atoms with Gasteiger partial charge in [0, 0.05) is 19.6 Å². The van der Waals surface area contributed by atoms with Crippen LogP contribution < -0.4 is 5.73 Å². The summed E-state index contributed by atoms with van der Waals surface area (Å²) < 4.78 is 5.69. The van der Waals surface area contributed by atoms with Gasteiger partial charge in [0.15, 0.2) is 0 Å². The summed E-state index contributed by atoms with van der Waals surface area (Å²) >= 11 is 0. The largest absolute Gasteiger partial charge is 0.372 e. The Morgan fingerprint density at radius 1 is 1.33 bits per heavy atom. The second-order valence-corrected chi connectivity index (χ2v) is 7.14. The minimum atomic E-state index is 0.0427. The molecule has 0 aromatic rings. The van der Waals surface area contributed by atoms with Crippen LogP contribution in [0.2, 0.25) is 0 Å². The monoisotopic (exact) mass is 299 g/mol. The molecule has 1 saturated heterocycles. The first-order valence-electron chi connectivity index (χ1n) is 8.13. The molecule has 2 unspecified atom stereocenters. The molecule has 5 heteroatoms. The Balaban J connectivity index is 2.59. The lowest BCUT2D eigenvalue weighted by Crippen LogP contribution is -2.52. The zero-order valence-electron chi connectivity index (χ0n) is 14.4. The van der Waals surface area contributed by atoms with Gasteiger partial charge in [-0.3, -0.25) is 9.69 Å². The van der Waals surface area contributed by atoms with Crippen LogP contribution in [-0.4, -0.2) is 67.2 Å². The Kier molecular flexibility index (Phi) is 7.10. The second kappa shape index (κ2) is 8.11. The van der Waals surface area contributed by atoms with Crippen molar-refractivity contribution >= 4 is 5.91 Å². The minimum absolute atomic E-state index is 0.0427. The third-order valence-corrected chi connectivity index (χ3v) is 3.88. The van der Waals surface area contributed by atoms with E-state index < -0.39 is 0 Å². The van der Waals surface area contributed by atoms with Crippen molar-refractivity contribution in [3.63, 3.8) is 0 Å². The van der Waals surface area contributed by atoms with Gasteiger partial charge in [0.2, 0.25) is 5.91 Å². The van der Waals surface area contributed by atoms with Gasteiger partial charge >= 0.3 is 0 Å². The molecule has 1 fully saturated rings. The summed E-state index contributed by atoms with van der Waals surface area (Å²) in [4.78, 5) is 16.7. The van der Waals surface area contributed by atoms with Gasteiger partial charge in [0.05, 0.1) is 18.8 Å². The number of carbonyl (C=O) groups excluding carboxylic acids is 1. The third kappa shape index (κ3) is 6.32. The van der Waals surface area contributed by atoms with E-state index in [4.69, 9.17) is 10.5 Å². The number of carbonyl (C=O) groups is 1. The fourth-order valence-corrected chi connectivity index (χ4v) is 2.87. The lowest BCUT2D eigenvalue weighted by molar-refractivity contribution is -0.144. The highest BCUT2D eigenvalue weighted by atomic mass is 16.5. The normalized spacial score (nSPS) is 23.7. The van der Waals surface area contributed by atoms with Crippen LogP contribution >= 0.6 is 0 Å². The number of morpholine rings is 1. The molecule has 2 N–H and O–H groups in total. The molecule has 1 heterocycles. The van der Waals surface area contributed by atoms with Gasteiger partial charge in [-0.1, -0.05) is 20.8 Å². The minimum Gasteiger partial charge on any atom is -0.372 e. The van der Waals surface area contributed by atoms with Crippen LogP contribution in [0.3, 0.4) is 0 Å². The summed E-state index contributed by atoms with van der Waals surface area (Å²) in [5.41, 5.74) is 5.86. The molecule has 21 heavy (non-hydrogen) atoms. The van der Waals surface area contributed by atoms with Crippen LogP contribution in [0.15, 0.2) is 0 Å². The van der Waals surface area contributed by atoms with Gasteiger partial charge < -0.3 is 15.4 Å². The van der Waals surface area contributed by atoms with E-state index in [0.717, 1.165) is 19.5 Å². The molecular formula is C16H33N3O2. The molecular weight excluding hydrogens is 266 g/mol. The van der Waals surface area contributed by atoms with E-state index in [9.17, 15) is 4.79 Å². The zero-order chi connectivity index (χ0) is 16.0. The number of ether oxygens (including phenoxy) is 1. The smallest absolute Gasteiger partial charge is 0.236 e. The number of hydrogen-bond acceptors (Lipinski definition) is 4. The van der Waals surface area contributed by atoms with Crippen molar-refractivity contribution in [2.75, 3.05) is 39.3 Å². The molecule has 124 valence electrons. The van der Waals surface area contributed by atoms with Gasteiger partial charge in [-0.2, -0.15) is 0 Å². The fourth-order valence-electron chi connectivity index (χ4n) is 2.87. The highest BCUT2D eigenvalue weighted by molar-refractivity contribution is 5.78. The van der Waals surface area contributed by atoms with E-state index in [-0.39, 0.29) is 23.5 Å². The Hall–Kier alpha value is -0.650. The van der Waals surface area contributed by atoms with E-state index in [0.29, 0.717) is 26.2 Å². The standard InChI is InChI=1S/C16H33N3O2/c1-6-7-18(12-16(4,5)11-17)10-15(20)19-8-13(2)21-14(3)9-19/h13-14H,6-12,17H2,1-5H3. The lowest BCUT2D eigenvalue weighted by atomic mass is 9.93. The second-order valence-electron chi connectivity index (χ2n) is 7.14. The molecule has 0 spiro atoms. The summed E-state index contributed by atoms with van der Waals surface area (Å²) in [6, 6.07) is 0. The topological polar surface area (TPSA) is 58.8 Å². The van der Waals surface area contributed by atoms with Crippen molar-refractivity contribution in [1.82, 2.24) is 9.80 Å². The number of nitrogens with zero attached hydrogens (tertiary/aromatic N) is 2. The SMILES string of the molecule is CCCN(CC(=O)N1CC(C)OC(C)C1)CC(C)(C)CN. The number of amides is 1. The molecule has 1 rings (SSSR count). The Bertz CT molecular complexity index is 323. The molecule has 0 aliphatic carbocycles. The van der Waals surface area contributed by atoms with Crippen molar-refractivity contribution in [2.24, 2.45) is 11.1 Å². The molecule has 0 aromatic heterocycles. The molecule has 1 amide bonds. The highest BCUT2D eigenvalue weighted by Gasteiger charge is 2.28. The van der Waals surface area contributed by atoms with Crippen LogP contribution in [0, 0.1) is 5.41 Å². The highest BCUT2D eigenvalue weighted by Crippen LogP contribution is 2.16. The predicted octanol–water partition coefficient (Wildman–Crippen LogP) is 1.32. The van der Waals surface area contributed by atoms with Crippen LogP contribution in [0.25, 0.3) is 0 Å². The summed E-state index contributed by atoms with van der Waals surface area (Å²) in [7, 11) is 0. The first kappa shape index (κ1) is 18.4. The Morgan fingerprint density at radius 3 is 2.38 bits per heavy atom. The van der Waals surface area contributed by atoms with Crippen LogP contribution in [0.4, 0.5) is 0 Å². The van der Waals surface area contributed by atoms with Gasteiger partial charge in [0.1, 0.15) is 0 Å². The maximum absolute atomic E-state index is 12.5. The lowest BCUT2D eigenvalue weighted by Gasteiger charge is -2.37. The number of nitrogens with two attached hydrogens (primary N) is 1. The first-order valence-corrected chi connectivity index (χ1v) is 8.13. The van der Waals surface area contributed by atoms with Crippen molar-refractivity contribution < 1.29 is 9.53 Å². The number of hydrogen-bond donors (Lipinski definition) is 1. The fraction of sp³-hybridized carbons (Fsp3) is 0.938. The molecule has 1 aliphatic rings. The number of rotatable bonds is 7. The van der Waals surface area contributed by atoms with Gasteiger partial charge in [-0.25, -0.2) is 0 Å². The van der Waals surface area contributed by atoms with Crippen molar-refractivity contribution in [3.8, 4) is 0 Å². The van der Waals surface area contributed by atoms with E-state index in [1.54, 1.807) is 0 Å². The van der Waals surface area contributed by atoms with Gasteiger partial charge in [0.25, 0.3) is 0 Å². The van der Waals surface area contributed by atoms with Crippen LogP contribution in [0.1, 0.15) is 41.0 Å². The van der Waals surface area contributed by atoms with E-state index in [1.165, 1.54) is 0 Å². The zero-order valence-corrected chi connectivity index (χ0v) is 14.4. The first-order chi connectivity index (χ1) is 9.77. The molecule has 0 bridgehead atoms. The van der Waals surface area contributed by atoms with Crippen molar-refractivity contribution in [2.45, 2.75) is 53.2 Å².